The number of allylic oxidation sites excluding steroid dienone is 6. The van der Waals surface area contributed by atoms with E-state index < -0.39 is 49.5 Å². The molecule has 0 bridgehead atoms. The fourth-order valence-corrected chi connectivity index (χ4v) is 9.88. The van der Waals surface area contributed by atoms with E-state index in [1.165, 1.54) is 218 Å². The van der Waals surface area contributed by atoms with Gasteiger partial charge in [-0.2, -0.15) is 0 Å². The second kappa shape index (κ2) is 51.9. The van der Waals surface area contributed by atoms with Gasteiger partial charge in [0, 0.05) is 6.42 Å². The highest BCUT2D eigenvalue weighted by Gasteiger charge is 2.44. The molecule has 0 saturated carbocycles. The number of nitrogens with one attached hydrogen (secondary N) is 1. The van der Waals surface area contributed by atoms with Crippen LogP contribution in [0.1, 0.15) is 296 Å². The Balaban J connectivity index is 2.16. The predicted octanol–water partition coefficient (Wildman–Crippen LogP) is 15.5. The Morgan fingerprint density at radius 1 is 0.479 bits per heavy atom. The van der Waals surface area contributed by atoms with Gasteiger partial charge >= 0.3 is 0 Å². The molecule has 1 rings (SSSR count). The van der Waals surface area contributed by atoms with Crippen LogP contribution in [0.2, 0.25) is 0 Å². The van der Waals surface area contributed by atoms with Crippen molar-refractivity contribution in [1.82, 2.24) is 5.32 Å². The lowest BCUT2D eigenvalue weighted by Crippen LogP contribution is -2.60. The van der Waals surface area contributed by atoms with Crippen molar-refractivity contribution in [3.05, 3.63) is 36.5 Å². The van der Waals surface area contributed by atoms with Crippen molar-refractivity contribution in [2.24, 2.45) is 0 Å². The molecule has 1 aliphatic rings. The molecule has 71 heavy (non-hydrogen) atoms. The van der Waals surface area contributed by atoms with Crippen molar-refractivity contribution >= 4 is 5.91 Å². The van der Waals surface area contributed by atoms with E-state index >= 15 is 0 Å². The largest absolute Gasteiger partial charge is 0.394 e. The van der Waals surface area contributed by atoms with Gasteiger partial charge in [-0.25, -0.2) is 0 Å². The topological polar surface area (TPSA) is 149 Å². The third-order valence-electron chi connectivity index (χ3n) is 14.7. The number of carbonyl (C=O) groups excluding carboxylic acids is 1. The summed E-state index contributed by atoms with van der Waals surface area (Å²) in [5.41, 5.74) is 0. The van der Waals surface area contributed by atoms with Crippen LogP contribution in [0.4, 0.5) is 0 Å². The van der Waals surface area contributed by atoms with Crippen molar-refractivity contribution in [2.75, 3.05) is 13.2 Å². The second-order valence-electron chi connectivity index (χ2n) is 21.5. The maximum atomic E-state index is 13.1. The van der Waals surface area contributed by atoms with Crippen molar-refractivity contribution < 1.29 is 39.8 Å². The van der Waals surface area contributed by atoms with Crippen LogP contribution in [0.15, 0.2) is 36.5 Å². The highest BCUT2D eigenvalue weighted by Crippen LogP contribution is 2.23. The number of ether oxygens (including phenoxy) is 2. The summed E-state index contributed by atoms with van der Waals surface area (Å²) in [6, 6.07) is -0.719. The number of aliphatic hydroxyl groups is 5. The van der Waals surface area contributed by atoms with Crippen LogP contribution in [0.25, 0.3) is 0 Å². The van der Waals surface area contributed by atoms with Gasteiger partial charge < -0.3 is 40.3 Å². The number of hydrogen-bond donors (Lipinski definition) is 6. The quantitative estimate of drug-likeness (QED) is 0.0261. The zero-order chi connectivity index (χ0) is 51.5. The van der Waals surface area contributed by atoms with Gasteiger partial charge in [-0.3, -0.25) is 4.79 Å². The first-order chi connectivity index (χ1) is 34.8. The highest BCUT2D eigenvalue weighted by atomic mass is 16.7. The van der Waals surface area contributed by atoms with Crippen molar-refractivity contribution in [2.45, 2.75) is 339 Å². The van der Waals surface area contributed by atoms with E-state index in [1.807, 2.05) is 0 Å². The summed E-state index contributed by atoms with van der Waals surface area (Å²) in [4.78, 5) is 13.1. The Hall–Kier alpha value is -1.59. The fraction of sp³-hybridized carbons (Fsp3) is 0.887. The Kier molecular flexibility index (Phi) is 49.3. The second-order valence-corrected chi connectivity index (χ2v) is 21.5. The van der Waals surface area contributed by atoms with Gasteiger partial charge in [0.05, 0.1) is 25.4 Å². The minimum atomic E-state index is -1.55. The number of rotatable bonds is 53. The zero-order valence-corrected chi connectivity index (χ0v) is 46.5. The first kappa shape index (κ1) is 67.4. The molecule has 1 saturated heterocycles. The molecule has 9 heteroatoms. The molecular formula is C62H117NO8. The Bertz CT molecular complexity index is 1210. The average Bonchev–Trinajstić information content (AvgIpc) is 3.37. The van der Waals surface area contributed by atoms with Crippen LogP contribution >= 0.6 is 0 Å². The molecule has 0 radical (unpaired) electrons. The molecule has 1 aliphatic heterocycles. The van der Waals surface area contributed by atoms with E-state index in [0.29, 0.717) is 12.8 Å². The Morgan fingerprint density at radius 2 is 0.831 bits per heavy atom. The summed E-state index contributed by atoms with van der Waals surface area (Å²) in [6.07, 6.45) is 60.3. The number of carbonyl (C=O) groups is 1. The van der Waals surface area contributed by atoms with Gasteiger partial charge in [0.15, 0.2) is 6.29 Å². The predicted molar refractivity (Wildman–Crippen MR) is 300 cm³/mol. The third kappa shape index (κ3) is 41.4. The Morgan fingerprint density at radius 3 is 1.23 bits per heavy atom. The van der Waals surface area contributed by atoms with Crippen LogP contribution in [0.3, 0.4) is 0 Å². The van der Waals surface area contributed by atoms with E-state index in [-0.39, 0.29) is 12.5 Å². The minimum Gasteiger partial charge on any atom is -0.394 e. The SMILES string of the molecule is CCCCCCC/C=C\C/C=C\C/C=C\CCCCCCCCCCCCCCCCC(=O)NC(COC1OC(CO)C(O)C(O)C1O)C(O)CCCCCCCCCCCCCCCCCCCCC. The fourth-order valence-electron chi connectivity index (χ4n) is 9.88. The average molecular weight is 1000 g/mol. The molecule has 0 aromatic carbocycles. The zero-order valence-electron chi connectivity index (χ0n) is 46.5. The molecule has 9 nitrogen and oxygen atoms in total. The van der Waals surface area contributed by atoms with Crippen molar-refractivity contribution in [3.8, 4) is 0 Å². The van der Waals surface area contributed by atoms with E-state index in [2.05, 4.69) is 55.6 Å². The molecule has 7 atom stereocenters. The first-order valence-corrected chi connectivity index (χ1v) is 30.7. The lowest BCUT2D eigenvalue weighted by atomic mass is 9.99. The third-order valence-corrected chi connectivity index (χ3v) is 14.7. The molecule has 1 heterocycles. The molecular weight excluding hydrogens is 887 g/mol. The van der Waals surface area contributed by atoms with Crippen LogP contribution in [-0.2, 0) is 14.3 Å². The molecule has 0 spiro atoms. The van der Waals surface area contributed by atoms with Crippen LogP contribution in [0, 0.1) is 0 Å². The summed E-state index contributed by atoms with van der Waals surface area (Å²) in [6.45, 7) is 3.86. The van der Waals surface area contributed by atoms with Crippen LogP contribution in [0.5, 0.6) is 0 Å². The maximum Gasteiger partial charge on any atom is 0.220 e. The van der Waals surface area contributed by atoms with E-state index in [4.69, 9.17) is 9.47 Å². The van der Waals surface area contributed by atoms with Gasteiger partial charge in [0.1, 0.15) is 24.4 Å². The standard InChI is InChI=1S/C62H117NO8/c1-3-5-7-9-11-13-15-17-19-21-23-24-25-26-27-28-29-30-31-32-34-36-38-40-42-44-46-48-50-52-58(66)63-55(54-70-62-61(69)60(68)59(67)57(53-64)71-62)56(65)51-49-47-45-43-41-39-37-35-33-22-20-18-16-14-12-10-8-6-4-2/h15,17,21,23,25-26,55-57,59-62,64-65,67-69H,3-14,16,18-20,22,24,27-54H2,1-2H3,(H,63,66)/b17-15-,23-21-,26-25-. The van der Waals surface area contributed by atoms with E-state index in [0.717, 1.165) is 51.4 Å². The lowest BCUT2D eigenvalue weighted by Gasteiger charge is -2.40. The number of amides is 1. The van der Waals surface area contributed by atoms with Gasteiger partial charge in [-0.1, -0.05) is 275 Å². The van der Waals surface area contributed by atoms with Gasteiger partial charge in [-0.15, -0.1) is 0 Å². The number of unbranched alkanes of at least 4 members (excludes halogenated alkanes) is 37. The van der Waals surface area contributed by atoms with E-state index in [1.54, 1.807) is 0 Å². The van der Waals surface area contributed by atoms with Gasteiger partial charge in [-0.05, 0) is 51.4 Å². The van der Waals surface area contributed by atoms with Crippen molar-refractivity contribution in [3.63, 3.8) is 0 Å². The highest BCUT2D eigenvalue weighted by molar-refractivity contribution is 5.76. The van der Waals surface area contributed by atoms with E-state index in [9.17, 15) is 30.3 Å². The van der Waals surface area contributed by atoms with Gasteiger partial charge in [0.2, 0.25) is 5.91 Å². The first-order valence-electron chi connectivity index (χ1n) is 30.7. The Labute approximate surface area is 438 Å². The summed E-state index contributed by atoms with van der Waals surface area (Å²) in [7, 11) is 0. The molecule has 1 fully saturated rings. The van der Waals surface area contributed by atoms with Crippen molar-refractivity contribution in [1.29, 1.82) is 0 Å². The summed E-state index contributed by atoms with van der Waals surface area (Å²) < 4.78 is 11.3. The van der Waals surface area contributed by atoms with Crippen LogP contribution in [-0.4, -0.2) is 87.5 Å². The maximum absolute atomic E-state index is 13.1. The molecule has 0 aromatic heterocycles. The lowest BCUT2D eigenvalue weighted by molar-refractivity contribution is -0.302. The molecule has 1 amide bonds. The molecule has 6 N–H and O–H groups in total. The molecule has 0 aromatic rings. The number of hydrogen-bond acceptors (Lipinski definition) is 8. The molecule has 418 valence electrons. The molecule has 7 unspecified atom stereocenters. The smallest absolute Gasteiger partial charge is 0.220 e. The minimum absolute atomic E-state index is 0.136. The van der Waals surface area contributed by atoms with Gasteiger partial charge in [0.25, 0.3) is 0 Å². The van der Waals surface area contributed by atoms with Crippen LogP contribution < -0.4 is 5.32 Å². The summed E-state index contributed by atoms with van der Waals surface area (Å²) in [5, 5.41) is 54.8. The normalized spacial score (nSPS) is 19.5. The summed E-state index contributed by atoms with van der Waals surface area (Å²) in [5.74, 6) is -0.141. The monoisotopic (exact) mass is 1000 g/mol. The molecule has 0 aliphatic carbocycles. The summed E-state index contributed by atoms with van der Waals surface area (Å²) >= 11 is 0. The number of aliphatic hydroxyl groups excluding tert-OH is 5.